The molecular weight excluding hydrogens is 299 g/mol. The highest BCUT2D eigenvalue weighted by Crippen LogP contribution is 2.34. The molecule has 0 spiro atoms. The Hall–Kier alpha value is -2.73. The van der Waals surface area contributed by atoms with Gasteiger partial charge in [0.1, 0.15) is 12.9 Å². The average molecular weight is 320 g/mol. The van der Waals surface area contributed by atoms with Gasteiger partial charge in [-0.15, -0.1) is 0 Å². The zero-order valence-electron chi connectivity index (χ0n) is 15.6. The highest BCUT2D eigenvalue weighted by atomic mass is 19.1. The monoisotopic (exact) mass is 320 g/mol. The number of nitrogens with zero attached hydrogens (tertiary/aromatic N) is 2. The Morgan fingerprint density at radius 2 is 1.83 bits per heavy atom. The molecule has 0 fully saturated rings. The van der Waals surface area contributed by atoms with Gasteiger partial charge in [-0.05, 0) is 55.5 Å². The van der Waals surface area contributed by atoms with Crippen molar-refractivity contribution >= 4 is 16.5 Å². The van der Waals surface area contributed by atoms with Crippen LogP contribution in [-0.4, -0.2) is 0 Å². The Bertz CT molecular complexity index is 1080. The summed E-state index contributed by atoms with van der Waals surface area (Å²) in [6.07, 6.45) is 0. The molecule has 3 heteroatoms. The van der Waals surface area contributed by atoms with Crippen molar-refractivity contribution < 1.29 is 10.3 Å². The van der Waals surface area contributed by atoms with Gasteiger partial charge in [-0.2, -0.15) is 4.57 Å². The van der Waals surface area contributed by atoms with E-state index in [1.54, 1.807) is 0 Å². The second-order valence-electron chi connectivity index (χ2n) is 6.33. The molecular formula is C21H20FN2+. The molecule has 3 rings (SSSR count). The number of pyridine rings is 1. The molecule has 2 aromatic carbocycles. The summed E-state index contributed by atoms with van der Waals surface area (Å²) in [5, 5.41) is 1.27. The standard InChI is InChI=1S/C21H20FN2/c1-12-7-13(2)15(4)17(8-12)21-18-11-19(22)20(23-5)10-16(18)9-14(3)24(21)6/h7-11H,1-4,6H3/q+1/i9D. The van der Waals surface area contributed by atoms with E-state index in [2.05, 4.69) is 30.8 Å². The van der Waals surface area contributed by atoms with Gasteiger partial charge in [-0.3, -0.25) is 0 Å². The molecule has 24 heavy (non-hydrogen) atoms. The van der Waals surface area contributed by atoms with Gasteiger partial charge in [0.2, 0.25) is 11.4 Å². The van der Waals surface area contributed by atoms with Crippen LogP contribution in [-0.2, 0) is 7.05 Å². The van der Waals surface area contributed by atoms with Crippen LogP contribution in [0.1, 0.15) is 23.8 Å². The summed E-state index contributed by atoms with van der Waals surface area (Å²) in [5.41, 5.74) is 6.09. The fourth-order valence-electron chi connectivity index (χ4n) is 3.19. The lowest BCUT2D eigenvalue weighted by atomic mass is 9.94. The molecule has 1 heterocycles. The van der Waals surface area contributed by atoms with Crippen molar-refractivity contribution in [3.63, 3.8) is 0 Å². The fraction of sp³-hybridized carbons (Fsp3) is 0.238. The SMILES string of the molecule is [2H]c1c(C)[n+](C)c(-c2cc(C)cc(C)c2C)c2cc(F)c([N+]#[C-])cc12. The van der Waals surface area contributed by atoms with Crippen LogP contribution in [0.2, 0.25) is 0 Å². The second-order valence-corrected chi connectivity index (χ2v) is 6.33. The lowest BCUT2D eigenvalue weighted by Gasteiger charge is -2.13. The van der Waals surface area contributed by atoms with E-state index < -0.39 is 5.82 Å². The maximum Gasteiger partial charge on any atom is 0.222 e. The van der Waals surface area contributed by atoms with E-state index in [1.165, 1.54) is 17.7 Å². The van der Waals surface area contributed by atoms with Crippen molar-refractivity contribution in [3.05, 3.63) is 69.9 Å². The number of fused-ring (bicyclic) bond motifs is 1. The Morgan fingerprint density at radius 1 is 1.12 bits per heavy atom. The molecule has 2 nitrogen and oxygen atoms in total. The largest absolute Gasteiger partial charge is 0.235 e. The number of aromatic nitrogens is 1. The predicted molar refractivity (Wildman–Crippen MR) is 95.7 cm³/mol. The van der Waals surface area contributed by atoms with Crippen molar-refractivity contribution in [2.24, 2.45) is 7.05 Å². The van der Waals surface area contributed by atoms with Crippen LogP contribution in [0.25, 0.3) is 26.9 Å². The molecule has 0 amide bonds. The molecule has 0 unspecified atom stereocenters. The molecule has 0 atom stereocenters. The minimum atomic E-state index is -0.547. The van der Waals surface area contributed by atoms with Crippen LogP contribution in [0.3, 0.4) is 0 Å². The Morgan fingerprint density at radius 3 is 2.50 bits per heavy atom. The minimum absolute atomic E-state index is 0.0441. The first-order valence-corrected chi connectivity index (χ1v) is 7.84. The summed E-state index contributed by atoms with van der Waals surface area (Å²) in [5.74, 6) is -0.547. The molecule has 0 aliphatic rings. The third-order valence-electron chi connectivity index (χ3n) is 4.68. The molecule has 0 bridgehead atoms. The average Bonchev–Trinajstić information content (AvgIpc) is 2.57. The van der Waals surface area contributed by atoms with Gasteiger partial charge in [-0.25, -0.2) is 9.24 Å². The van der Waals surface area contributed by atoms with Crippen LogP contribution in [0.15, 0.2) is 30.3 Å². The number of hydrogen-bond acceptors (Lipinski definition) is 0. The predicted octanol–water partition coefficient (Wildman–Crippen LogP) is 5.25. The first-order chi connectivity index (χ1) is 11.8. The summed E-state index contributed by atoms with van der Waals surface area (Å²) in [6.45, 7) is 15.2. The third-order valence-corrected chi connectivity index (χ3v) is 4.68. The van der Waals surface area contributed by atoms with Gasteiger partial charge < -0.3 is 0 Å². The highest BCUT2D eigenvalue weighted by Gasteiger charge is 2.22. The molecule has 3 aromatic rings. The van der Waals surface area contributed by atoms with Gasteiger partial charge in [0.15, 0.2) is 5.69 Å². The lowest BCUT2D eigenvalue weighted by Crippen LogP contribution is -2.35. The Labute approximate surface area is 143 Å². The van der Waals surface area contributed by atoms with E-state index in [9.17, 15) is 4.39 Å². The zero-order chi connectivity index (χ0) is 18.5. The highest BCUT2D eigenvalue weighted by molar-refractivity contribution is 5.96. The van der Waals surface area contributed by atoms with E-state index in [0.29, 0.717) is 16.8 Å². The molecule has 0 saturated heterocycles. The van der Waals surface area contributed by atoms with Crippen LogP contribution in [0.5, 0.6) is 0 Å². The van der Waals surface area contributed by atoms with Gasteiger partial charge in [0, 0.05) is 13.0 Å². The van der Waals surface area contributed by atoms with E-state index in [4.69, 9.17) is 7.94 Å². The summed E-state index contributed by atoms with van der Waals surface area (Å²) in [6, 6.07) is 7.44. The van der Waals surface area contributed by atoms with E-state index in [1.807, 2.05) is 25.5 Å². The molecule has 0 aliphatic carbocycles. The number of rotatable bonds is 1. The van der Waals surface area contributed by atoms with Gasteiger partial charge in [0.25, 0.3) is 0 Å². The second kappa shape index (κ2) is 5.72. The van der Waals surface area contributed by atoms with Crippen LogP contribution < -0.4 is 4.57 Å². The molecule has 1 aromatic heterocycles. The van der Waals surface area contributed by atoms with Crippen molar-refractivity contribution in [1.82, 2.24) is 0 Å². The van der Waals surface area contributed by atoms with E-state index in [0.717, 1.165) is 28.1 Å². The first-order valence-electron chi connectivity index (χ1n) is 8.34. The van der Waals surface area contributed by atoms with Gasteiger partial charge in [-0.1, -0.05) is 11.6 Å². The minimum Gasteiger partial charge on any atom is -0.235 e. The van der Waals surface area contributed by atoms with Crippen LogP contribution >= 0.6 is 0 Å². The quantitative estimate of drug-likeness (QED) is 0.427. The molecule has 0 saturated carbocycles. The molecule has 0 radical (unpaired) electrons. The summed E-state index contributed by atoms with van der Waals surface area (Å²) in [7, 11) is 1.90. The molecule has 0 aliphatic heterocycles. The van der Waals surface area contributed by atoms with Gasteiger partial charge >= 0.3 is 0 Å². The van der Waals surface area contributed by atoms with Crippen molar-refractivity contribution in [1.29, 1.82) is 0 Å². The fourth-order valence-corrected chi connectivity index (χ4v) is 3.19. The van der Waals surface area contributed by atoms with E-state index >= 15 is 0 Å². The number of aryl methyl sites for hydroxylation is 2. The topological polar surface area (TPSA) is 8.24 Å². The molecule has 120 valence electrons. The van der Waals surface area contributed by atoms with Crippen molar-refractivity contribution in [2.45, 2.75) is 27.7 Å². The maximum atomic E-state index is 14.4. The smallest absolute Gasteiger partial charge is 0.222 e. The number of benzene rings is 2. The normalized spacial score (nSPS) is 11.5. The third kappa shape index (κ3) is 2.45. The maximum absolute atomic E-state index is 14.4. The Kier molecular flexibility index (Phi) is 3.54. The molecule has 0 N–H and O–H groups in total. The van der Waals surface area contributed by atoms with Crippen LogP contribution in [0, 0.1) is 40.1 Å². The first kappa shape index (κ1) is 14.8. The lowest BCUT2D eigenvalue weighted by molar-refractivity contribution is -0.665. The van der Waals surface area contributed by atoms with E-state index in [-0.39, 0.29) is 5.69 Å². The van der Waals surface area contributed by atoms with Gasteiger partial charge in [0.05, 0.1) is 18.9 Å². The summed E-state index contributed by atoms with van der Waals surface area (Å²) < 4.78 is 24.7. The summed E-state index contributed by atoms with van der Waals surface area (Å²) >= 11 is 0. The van der Waals surface area contributed by atoms with Crippen molar-refractivity contribution in [3.8, 4) is 11.3 Å². The number of hydrogen-bond donors (Lipinski definition) is 0. The summed E-state index contributed by atoms with van der Waals surface area (Å²) in [4.78, 5) is 3.25. The number of halogens is 1. The van der Waals surface area contributed by atoms with Crippen molar-refractivity contribution in [2.75, 3.05) is 0 Å². The van der Waals surface area contributed by atoms with Crippen LogP contribution in [0.4, 0.5) is 10.1 Å². The Balaban J connectivity index is 2.56. The zero-order valence-corrected chi connectivity index (χ0v) is 14.6.